The zero-order chi connectivity index (χ0) is 18.4. The average Bonchev–Trinajstić information content (AvgIpc) is 3.30. The van der Waals surface area contributed by atoms with E-state index in [0.29, 0.717) is 29.6 Å². The summed E-state index contributed by atoms with van der Waals surface area (Å²) < 4.78 is 0. The van der Waals surface area contributed by atoms with Gasteiger partial charge in [-0.15, -0.1) is 0 Å². The molecule has 9 nitrogen and oxygen atoms in total. The molecule has 0 saturated heterocycles. The first-order chi connectivity index (χ1) is 11.8. The van der Waals surface area contributed by atoms with E-state index in [9.17, 15) is 0 Å². The minimum Gasteiger partial charge on any atom is -0.0899 e. The number of nitrogens with zero attached hydrogens (tertiary/aromatic N) is 9. The number of hydrogen-bond donors (Lipinski definition) is 0. The third-order valence-corrected chi connectivity index (χ3v) is 6.90. The molecule has 0 amide bonds. The highest BCUT2D eigenvalue weighted by Gasteiger charge is 2.65. The molecular weight excluding hydrogens is 318 g/mol. The molecule has 0 N–H and O–H groups in total. The van der Waals surface area contributed by atoms with Crippen molar-refractivity contribution in [1.82, 2.24) is 0 Å². The summed E-state index contributed by atoms with van der Waals surface area (Å²) in [5, 5.41) is 11.4. The van der Waals surface area contributed by atoms with Crippen molar-refractivity contribution in [1.29, 1.82) is 0 Å². The summed E-state index contributed by atoms with van der Waals surface area (Å²) in [5.74, 6) is 3.59. The van der Waals surface area contributed by atoms with Crippen LogP contribution in [0.5, 0.6) is 0 Å². The summed E-state index contributed by atoms with van der Waals surface area (Å²) in [5.41, 5.74) is 24.6. The van der Waals surface area contributed by atoms with E-state index in [0.717, 1.165) is 12.3 Å². The van der Waals surface area contributed by atoms with E-state index in [1.807, 2.05) is 19.9 Å². The summed E-state index contributed by atoms with van der Waals surface area (Å²) >= 11 is 0. The molecule has 9 heteroatoms. The fraction of sp³-hybridized carbons (Fsp3) is 0.875. The molecule has 7 unspecified atom stereocenters. The Morgan fingerprint density at radius 2 is 1.64 bits per heavy atom. The van der Waals surface area contributed by atoms with E-state index in [2.05, 4.69) is 50.0 Å². The number of azide groups is 3. The third kappa shape index (κ3) is 2.61. The first-order valence-corrected chi connectivity index (χ1v) is 8.70. The lowest BCUT2D eigenvalue weighted by Crippen LogP contribution is -2.35. The second-order valence-corrected chi connectivity index (χ2v) is 8.16. The van der Waals surface area contributed by atoms with E-state index in [1.165, 1.54) is 0 Å². The molecule has 25 heavy (non-hydrogen) atoms. The van der Waals surface area contributed by atoms with Crippen molar-refractivity contribution in [3.8, 4) is 0 Å². The minimum absolute atomic E-state index is 0.158. The summed E-state index contributed by atoms with van der Waals surface area (Å²) in [7, 11) is 0. The molecule has 0 aliphatic heterocycles. The van der Waals surface area contributed by atoms with Gasteiger partial charge in [-0.1, -0.05) is 55.2 Å². The molecular formula is C16H23N9. The monoisotopic (exact) mass is 341 g/mol. The van der Waals surface area contributed by atoms with E-state index in [-0.39, 0.29) is 11.6 Å². The third-order valence-electron chi connectivity index (χ3n) is 6.90. The molecule has 0 aromatic carbocycles. The first-order valence-electron chi connectivity index (χ1n) is 8.70. The fourth-order valence-electron chi connectivity index (χ4n) is 5.37. The molecule has 3 saturated carbocycles. The molecule has 0 bridgehead atoms. The van der Waals surface area contributed by atoms with Gasteiger partial charge in [0.1, 0.15) is 0 Å². The summed E-state index contributed by atoms with van der Waals surface area (Å²) in [6, 6.07) is -0.158. The van der Waals surface area contributed by atoms with Crippen LogP contribution in [0.25, 0.3) is 31.3 Å². The van der Waals surface area contributed by atoms with Crippen LogP contribution in [0.2, 0.25) is 0 Å². The molecule has 4 aliphatic carbocycles. The van der Waals surface area contributed by atoms with Crippen molar-refractivity contribution >= 4 is 0 Å². The highest BCUT2D eigenvalue weighted by molar-refractivity contribution is 5.29. The Morgan fingerprint density at radius 3 is 2.16 bits per heavy atom. The van der Waals surface area contributed by atoms with Gasteiger partial charge in [0, 0.05) is 20.8 Å². The zero-order valence-corrected chi connectivity index (χ0v) is 14.9. The van der Waals surface area contributed by atoms with Gasteiger partial charge in [0.15, 0.2) is 0 Å². The van der Waals surface area contributed by atoms with Gasteiger partial charge in [-0.25, -0.2) is 0 Å². The number of allylic oxidation sites excluding steroid dienone is 1. The largest absolute Gasteiger partial charge is 0.0899 e. The van der Waals surface area contributed by atoms with Gasteiger partial charge in [0.05, 0.1) is 11.1 Å². The predicted molar refractivity (Wildman–Crippen MR) is 94.1 cm³/mol. The second kappa shape index (κ2) is 5.88. The van der Waals surface area contributed by atoms with Gasteiger partial charge in [-0.05, 0) is 58.5 Å². The van der Waals surface area contributed by atoms with Crippen molar-refractivity contribution < 1.29 is 0 Å². The van der Waals surface area contributed by atoms with Crippen molar-refractivity contribution in [3.05, 3.63) is 43.5 Å². The minimum atomic E-state index is -0.495. The number of hydrogen-bond acceptors (Lipinski definition) is 3. The lowest BCUT2D eigenvalue weighted by molar-refractivity contribution is 0.346. The predicted octanol–water partition coefficient (Wildman–Crippen LogP) is 5.53. The van der Waals surface area contributed by atoms with Gasteiger partial charge in [-0.3, -0.25) is 0 Å². The Labute approximate surface area is 146 Å². The Morgan fingerprint density at radius 1 is 0.960 bits per heavy atom. The van der Waals surface area contributed by atoms with Crippen LogP contribution in [0.4, 0.5) is 0 Å². The normalized spacial score (nSPS) is 50.0. The fourth-order valence-corrected chi connectivity index (χ4v) is 5.37. The van der Waals surface area contributed by atoms with Crippen molar-refractivity contribution in [2.45, 2.75) is 51.2 Å². The summed E-state index contributed by atoms with van der Waals surface area (Å²) in [6.07, 6.45) is 5.09. The molecule has 0 heterocycles. The van der Waals surface area contributed by atoms with Crippen LogP contribution in [-0.4, -0.2) is 17.1 Å². The van der Waals surface area contributed by atoms with E-state index >= 15 is 0 Å². The van der Waals surface area contributed by atoms with Crippen LogP contribution >= 0.6 is 0 Å². The maximum Gasteiger partial charge on any atom is 0.0676 e. The van der Waals surface area contributed by atoms with Crippen LogP contribution < -0.4 is 0 Å². The highest BCUT2D eigenvalue weighted by Crippen LogP contribution is 2.64. The average molecular weight is 341 g/mol. The van der Waals surface area contributed by atoms with Crippen LogP contribution in [-0.2, 0) is 0 Å². The van der Waals surface area contributed by atoms with Gasteiger partial charge in [-0.2, -0.15) is 0 Å². The molecule has 0 spiro atoms. The molecule has 4 rings (SSSR count). The molecule has 3 fully saturated rings. The first kappa shape index (κ1) is 17.5. The topological polar surface area (TPSA) is 146 Å². The van der Waals surface area contributed by atoms with Gasteiger partial charge < -0.3 is 0 Å². The van der Waals surface area contributed by atoms with E-state index in [1.54, 1.807) is 0 Å². The maximum absolute atomic E-state index is 8.52. The zero-order valence-electron chi connectivity index (χ0n) is 14.9. The van der Waals surface area contributed by atoms with Gasteiger partial charge in [0.25, 0.3) is 0 Å². The van der Waals surface area contributed by atoms with Crippen LogP contribution in [0.1, 0.15) is 34.1 Å². The summed E-state index contributed by atoms with van der Waals surface area (Å²) in [4.78, 5) is 8.57. The smallest absolute Gasteiger partial charge is 0.0676 e. The SMILES string of the molecule is C[C@H]1C2C=CC(C)(N=[N+]=[N-])C21.C[C@H]1C2CC(N=[N+]=[N-])C(C)(N=[N+]=[N-])C21. The molecule has 0 radical (unpaired) electrons. The molecule has 4 aliphatic rings. The van der Waals surface area contributed by atoms with Crippen LogP contribution in [0.15, 0.2) is 27.5 Å². The molecule has 132 valence electrons. The van der Waals surface area contributed by atoms with Crippen LogP contribution in [0.3, 0.4) is 0 Å². The quantitative estimate of drug-likeness (QED) is 0.275. The lowest BCUT2D eigenvalue weighted by Gasteiger charge is -2.26. The second-order valence-electron chi connectivity index (χ2n) is 8.16. The van der Waals surface area contributed by atoms with Crippen molar-refractivity contribution in [2.24, 2.45) is 50.9 Å². The number of rotatable bonds is 3. The summed E-state index contributed by atoms with van der Waals surface area (Å²) in [6.45, 7) is 8.29. The highest BCUT2D eigenvalue weighted by atomic mass is 15.3. The standard InChI is InChI=1S/C8H12N6.C8H11N3/c1-4-5-3-6(11-13-9)8(2,7(4)5)12-14-10;1-5-6-3-4-8(2,7(5)6)10-11-9/h4-7H,3H2,1-2H3;3-7H,1-2H3/t4-,5?,6?,7?,8?;5-,6?,7?,8?/m00/s1. The Bertz CT molecular complexity index is 743. The van der Waals surface area contributed by atoms with E-state index in [4.69, 9.17) is 16.6 Å². The number of fused-ring (bicyclic) bond motifs is 2. The molecule has 9 atom stereocenters. The van der Waals surface area contributed by atoms with Crippen LogP contribution in [0, 0.1) is 35.5 Å². The Hall–Kier alpha value is -2.33. The Balaban J connectivity index is 0.000000150. The lowest BCUT2D eigenvalue weighted by atomic mass is 9.90. The molecule has 0 aromatic rings. The Kier molecular flexibility index (Phi) is 4.12. The van der Waals surface area contributed by atoms with E-state index < -0.39 is 5.54 Å². The van der Waals surface area contributed by atoms with Crippen molar-refractivity contribution in [2.75, 3.05) is 0 Å². The van der Waals surface area contributed by atoms with Gasteiger partial charge in [0.2, 0.25) is 0 Å². The van der Waals surface area contributed by atoms with Gasteiger partial charge >= 0.3 is 0 Å². The molecule has 0 aromatic heterocycles. The van der Waals surface area contributed by atoms with Crippen molar-refractivity contribution in [3.63, 3.8) is 0 Å². The maximum atomic E-state index is 8.52.